The maximum Gasteiger partial charge on any atom is 0.408 e. The van der Waals surface area contributed by atoms with E-state index in [0.717, 1.165) is 17.3 Å². The molecule has 0 unspecified atom stereocenters. The number of esters is 1. The van der Waals surface area contributed by atoms with E-state index in [-0.39, 0.29) is 0 Å². The Labute approximate surface area is 158 Å². The quantitative estimate of drug-likeness (QED) is 0.526. The number of carbonyl (C=O) groups excluding carboxylic acids is 2. The number of amides is 1. The largest absolute Gasteiger partial charge is 0.453 e. The van der Waals surface area contributed by atoms with Gasteiger partial charge in [-0.1, -0.05) is 46.3 Å². The monoisotopic (exact) mass is 413 g/mol. The number of hydrogen-bond donors (Lipinski definition) is 1. The summed E-state index contributed by atoms with van der Waals surface area (Å²) in [5, 5.41) is 3.36. The number of benzene rings is 1. The molecular formula is C19H28BrNO4. The fraction of sp³-hybridized carbons (Fsp3) is 0.579. The van der Waals surface area contributed by atoms with Crippen LogP contribution in [0.2, 0.25) is 0 Å². The first kappa shape index (κ1) is 21.5. The van der Waals surface area contributed by atoms with E-state index in [0.29, 0.717) is 6.42 Å². The van der Waals surface area contributed by atoms with Gasteiger partial charge in [0.05, 0.1) is 0 Å². The third-order valence-electron chi connectivity index (χ3n) is 3.43. The molecule has 0 spiro atoms. The zero-order valence-electron chi connectivity index (χ0n) is 15.6. The number of ether oxygens (including phenoxy) is 2. The second-order valence-corrected chi connectivity index (χ2v) is 8.12. The van der Waals surface area contributed by atoms with Gasteiger partial charge in [0.1, 0.15) is 17.2 Å². The van der Waals surface area contributed by atoms with Crippen molar-refractivity contribution in [3.8, 4) is 0 Å². The minimum absolute atomic E-state index is 0.466. The Morgan fingerprint density at radius 2 is 1.68 bits per heavy atom. The number of alkyl carbamates (subject to hydrolysis) is 1. The summed E-state index contributed by atoms with van der Waals surface area (Å²) < 4.78 is 10.9. The van der Waals surface area contributed by atoms with Crippen LogP contribution in [0.25, 0.3) is 0 Å². The van der Waals surface area contributed by atoms with Crippen LogP contribution in [0.1, 0.15) is 53.0 Å². The van der Waals surface area contributed by atoms with Crippen LogP contribution in [0.3, 0.4) is 0 Å². The van der Waals surface area contributed by atoms with Gasteiger partial charge in [-0.05, 0) is 53.0 Å². The molecule has 0 aliphatic carbocycles. The first-order valence-electron chi connectivity index (χ1n) is 8.39. The molecule has 140 valence electrons. The van der Waals surface area contributed by atoms with E-state index in [9.17, 15) is 9.59 Å². The van der Waals surface area contributed by atoms with E-state index in [1.165, 1.54) is 0 Å². The van der Waals surface area contributed by atoms with Gasteiger partial charge in [-0.15, -0.1) is 0 Å². The smallest absolute Gasteiger partial charge is 0.408 e. The van der Waals surface area contributed by atoms with Gasteiger partial charge in [0.25, 0.3) is 0 Å². The van der Waals surface area contributed by atoms with E-state index in [1.54, 1.807) is 20.8 Å². The summed E-state index contributed by atoms with van der Waals surface area (Å²) in [6.07, 6.45) is 0.566. The van der Waals surface area contributed by atoms with Crippen molar-refractivity contribution in [1.29, 1.82) is 0 Å². The van der Waals surface area contributed by atoms with Crippen LogP contribution in [-0.4, -0.2) is 29.0 Å². The Hall–Kier alpha value is -1.56. The molecule has 0 aromatic heterocycles. The van der Waals surface area contributed by atoms with Crippen molar-refractivity contribution in [1.82, 2.24) is 5.32 Å². The van der Waals surface area contributed by atoms with E-state index in [1.807, 2.05) is 44.2 Å². The molecule has 0 aliphatic rings. The minimum Gasteiger partial charge on any atom is -0.453 e. The first-order valence-corrected chi connectivity index (χ1v) is 9.51. The molecule has 0 heterocycles. The molecule has 0 radical (unpaired) electrons. The van der Waals surface area contributed by atoms with Crippen LogP contribution in [0.5, 0.6) is 0 Å². The maximum atomic E-state index is 12.6. The van der Waals surface area contributed by atoms with Crippen LogP contribution in [0.4, 0.5) is 4.79 Å². The van der Waals surface area contributed by atoms with E-state index < -0.39 is 29.3 Å². The highest BCUT2D eigenvalue weighted by atomic mass is 79.9. The van der Waals surface area contributed by atoms with Crippen molar-refractivity contribution in [2.75, 3.05) is 5.33 Å². The number of alkyl halides is 1. The molecule has 1 N–H and O–H groups in total. The van der Waals surface area contributed by atoms with Crippen molar-refractivity contribution in [3.63, 3.8) is 0 Å². The molecule has 1 rings (SSSR count). The molecule has 1 aromatic carbocycles. The number of rotatable bonds is 7. The molecule has 25 heavy (non-hydrogen) atoms. The van der Waals surface area contributed by atoms with Crippen LogP contribution in [0, 0.1) is 0 Å². The Morgan fingerprint density at radius 1 is 1.08 bits per heavy atom. The normalized spacial score (nSPS) is 13.0. The van der Waals surface area contributed by atoms with Gasteiger partial charge in [-0.3, -0.25) is 0 Å². The van der Waals surface area contributed by atoms with E-state index in [2.05, 4.69) is 21.2 Å². The third-order valence-corrected chi connectivity index (χ3v) is 3.99. The summed E-state index contributed by atoms with van der Waals surface area (Å²) in [7, 11) is 0. The second-order valence-electron chi connectivity index (χ2n) is 7.33. The third kappa shape index (κ3) is 7.90. The number of hydrogen-bond acceptors (Lipinski definition) is 4. The molecule has 0 saturated carbocycles. The summed E-state index contributed by atoms with van der Waals surface area (Å²) in [5.74, 6) is -0.472. The summed E-state index contributed by atoms with van der Waals surface area (Å²) in [5.41, 5.74) is -0.530. The van der Waals surface area contributed by atoms with Gasteiger partial charge in [-0.2, -0.15) is 0 Å². The lowest BCUT2D eigenvalue weighted by Gasteiger charge is -2.29. The summed E-state index contributed by atoms with van der Waals surface area (Å²) >= 11 is 3.34. The van der Waals surface area contributed by atoms with Gasteiger partial charge >= 0.3 is 12.1 Å². The average Bonchev–Trinajstić information content (AvgIpc) is 2.50. The van der Waals surface area contributed by atoms with Gasteiger partial charge < -0.3 is 14.8 Å². The lowest BCUT2D eigenvalue weighted by atomic mass is 9.98. The standard InChI is InChI=1S/C19H28BrNO4/c1-18(2,3)25-17(23)21-15(12-9-13-20)16(22)24-19(4,5)14-10-7-6-8-11-14/h6-8,10-11,15H,9,12-13H2,1-5H3,(H,21,23)/t15-/m1/s1. The van der Waals surface area contributed by atoms with E-state index in [4.69, 9.17) is 9.47 Å². The van der Waals surface area contributed by atoms with Crippen LogP contribution < -0.4 is 5.32 Å². The Kier molecular flexibility index (Phi) is 7.93. The highest BCUT2D eigenvalue weighted by Gasteiger charge is 2.31. The molecule has 0 bridgehead atoms. The lowest BCUT2D eigenvalue weighted by Crippen LogP contribution is -2.46. The average molecular weight is 414 g/mol. The van der Waals surface area contributed by atoms with Crippen LogP contribution >= 0.6 is 15.9 Å². The van der Waals surface area contributed by atoms with Crippen molar-refractivity contribution >= 4 is 28.0 Å². The predicted octanol–water partition coefficient (Wildman–Crippen LogP) is 4.53. The molecule has 0 fully saturated rings. The van der Waals surface area contributed by atoms with Crippen LogP contribution in [-0.2, 0) is 19.9 Å². The minimum atomic E-state index is -0.791. The maximum absolute atomic E-state index is 12.6. The summed E-state index contributed by atoms with van der Waals surface area (Å²) in [6.45, 7) is 8.98. The molecular weight excluding hydrogens is 386 g/mol. The van der Waals surface area contributed by atoms with Crippen molar-refractivity contribution in [2.45, 2.75) is 64.7 Å². The van der Waals surface area contributed by atoms with Gasteiger partial charge in [0, 0.05) is 5.33 Å². The Bertz CT molecular complexity index is 567. The van der Waals surface area contributed by atoms with E-state index >= 15 is 0 Å². The van der Waals surface area contributed by atoms with Crippen LogP contribution in [0.15, 0.2) is 30.3 Å². The SMILES string of the molecule is CC(C)(C)OC(=O)N[C@H](CCCBr)C(=O)OC(C)(C)c1ccccc1. The molecule has 0 saturated heterocycles. The molecule has 6 heteroatoms. The van der Waals surface area contributed by atoms with Crippen molar-refractivity contribution < 1.29 is 19.1 Å². The Morgan fingerprint density at radius 3 is 2.20 bits per heavy atom. The topological polar surface area (TPSA) is 64.6 Å². The second kappa shape index (κ2) is 9.22. The van der Waals surface area contributed by atoms with Gasteiger partial charge in [0.15, 0.2) is 0 Å². The molecule has 1 atom stereocenters. The Balaban J connectivity index is 2.80. The molecule has 0 aliphatic heterocycles. The molecule has 5 nitrogen and oxygen atoms in total. The molecule has 1 amide bonds. The summed E-state index contributed by atoms with van der Waals surface area (Å²) in [4.78, 5) is 24.7. The zero-order chi connectivity index (χ0) is 19.1. The fourth-order valence-electron chi connectivity index (χ4n) is 2.20. The van der Waals surface area contributed by atoms with Crippen molar-refractivity contribution in [3.05, 3.63) is 35.9 Å². The highest BCUT2D eigenvalue weighted by molar-refractivity contribution is 9.09. The molecule has 1 aromatic rings. The number of carbonyl (C=O) groups is 2. The predicted molar refractivity (Wildman–Crippen MR) is 102 cm³/mol. The number of halogens is 1. The fourth-order valence-corrected chi connectivity index (χ4v) is 2.52. The lowest BCUT2D eigenvalue weighted by molar-refractivity contribution is -0.160. The highest BCUT2D eigenvalue weighted by Crippen LogP contribution is 2.25. The summed E-state index contributed by atoms with van der Waals surface area (Å²) in [6, 6.07) is 8.75. The number of nitrogens with one attached hydrogen (secondary N) is 1. The zero-order valence-corrected chi connectivity index (χ0v) is 17.2. The van der Waals surface area contributed by atoms with Gasteiger partial charge in [-0.25, -0.2) is 9.59 Å². The first-order chi connectivity index (χ1) is 11.5. The van der Waals surface area contributed by atoms with Gasteiger partial charge in [0.2, 0.25) is 0 Å². The van der Waals surface area contributed by atoms with Crippen molar-refractivity contribution in [2.24, 2.45) is 0 Å².